The smallest absolute Gasteiger partial charge is 0.416 e. The lowest BCUT2D eigenvalue weighted by atomic mass is 10.2. The summed E-state index contributed by atoms with van der Waals surface area (Å²) in [7, 11) is -4.42. The van der Waals surface area contributed by atoms with Gasteiger partial charge in [-0.15, -0.1) is 0 Å². The van der Waals surface area contributed by atoms with Gasteiger partial charge in [-0.25, -0.2) is 8.42 Å². The molecule has 1 aliphatic rings. The van der Waals surface area contributed by atoms with E-state index in [-0.39, 0.29) is 34.9 Å². The van der Waals surface area contributed by atoms with E-state index in [0.717, 1.165) is 18.2 Å². The van der Waals surface area contributed by atoms with Crippen LogP contribution in [0.5, 0.6) is 5.75 Å². The zero-order valence-electron chi connectivity index (χ0n) is 14.7. The number of hydrogen-bond donors (Lipinski definition) is 1. The number of carbonyl (C=O) groups excluding carboxylic acids is 1. The van der Waals surface area contributed by atoms with E-state index < -0.39 is 32.3 Å². The highest BCUT2D eigenvalue weighted by Gasteiger charge is 2.32. The number of anilines is 2. The monoisotopic (exact) mass is 468 g/mol. The summed E-state index contributed by atoms with van der Waals surface area (Å²) in [6, 6.07) is 4.61. The Morgan fingerprint density at radius 3 is 2.48 bits per heavy atom. The normalized spacial score (nSPS) is 14.2. The number of benzene rings is 2. The molecule has 0 saturated heterocycles. The highest BCUT2D eigenvalue weighted by Crippen LogP contribution is 2.40. The van der Waals surface area contributed by atoms with Crippen LogP contribution in [-0.2, 0) is 21.0 Å². The summed E-state index contributed by atoms with van der Waals surface area (Å²) in [5.41, 5.74) is -1.23. The van der Waals surface area contributed by atoms with Crippen LogP contribution in [0.2, 0.25) is 10.0 Å². The van der Waals surface area contributed by atoms with Crippen molar-refractivity contribution in [2.75, 3.05) is 22.8 Å². The molecule has 0 unspecified atom stereocenters. The Hall–Kier alpha value is -2.17. The Bertz CT molecular complexity index is 1090. The molecule has 2 aromatic carbocycles. The molecule has 0 radical (unpaired) electrons. The Kier molecular flexibility index (Phi) is 5.63. The van der Waals surface area contributed by atoms with Crippen molar-refractivity contribution in [3.05, 3.63) is 45.9 Å². The van der Waals surface area contributed by atoms with Gasteiger partial charge in [0.25, 0.3) is 10.0 Å². The van der Waals surface area contributed by atoms with Crippen molar-refractivity contribution < 1.29 is 31.1 Å². The molecule has 12 heteroatoms. The maximum absolute atomic E-state index is 12.9. The number of amides is 1. The van der Waals surface area contributed by atoms with Gasteiger partial charge >= 0.3 is 6.18 Å². The molecule has 3 rings (SSSR count). The highest BCUT2D eigenvalue weighted by atomic mass is 35.5. The van der Waals surface area contributed by atoms with Gasteiger partial charge in [0.05, 0.1) is 33.5 Å². The number of nitrogens with zero attached hydrogens (tertiary/aromatic N) is 1. The minimum Gasteiger partial charge on any atom is -0.489 e. The van der Waals surface area contributed by atoms with Crippen LogP contribution in [0.25, 0.3) is 0 Å². The van der Waals surface area contributed by atoms with Crippen molar-refractivity contribution in [3.8, 4) is 5.75 Å². The van der Waals surface area contributed by atoms with E-state index in [9.17, 15) is 26.4 Å². The first kappa shape index (κ1) is 21.5. The van der Waals surface area contributed by atoms with Gasteiger partial charge in [-0.2, -0.15) is 13.2 Å². The number of nitrogens with one attached hydrogen (secondary N) is 1. The second kappa shape index (κ2) is 7.58. The zero-order chi connectivity index (χ0) is 21.6. The second-order valence-electron chi connectivity index (χ2n) is 6.07. The van der Waals surface area contributed by atoms with Crippen LogP contribution in [-0.4, -0.2) is 27.5 Å². The SMILES string of the molecule is CC(=O)N1CCOc2cc(S(=O)(=O)Nc3cc(C(F)(F)F)ccc3Cl)c(Cl)cc21. The highest BCUT2D eigenvalue weighted by molar-refractivity contribution is 7.92. The Morgan fingerprint density at radius 1 is 1.17 bits per heavy atom. The largest absolute Gasteiger partial charge is 0.489 e. The molecule has 6 nitrogen and oxygen atoms in total. The van der Waals surface area contributed by atoms with Crippen LogP contribution >= 0.6 is 23.2 Å². The first-order chi connectivity index (χ1) is 13.4. The molecule has 2 aromatic rings. The molecule has 1 aliphatic heterocycles. The minimum absolute atomic E-state index is 0.103. The first-order valence-electron chi connectivity index (χ1n) is 8.04. The van der Waals surface area contributed by atoms with Gasteiger partial charge in [0.15, 0.2) is 0 Å². The summed E-state index contributed by atoms with van der Waals surface area (Å²) in [6.07, 6.45) is -4.68. The third-order valence-corrected chi connectivity index (χ3v) is 6.24. The van der Waals surface area contributed by atoms with Crippen LogP contribution in [0.15, 0.2) is 35.2 Å². The molecule has 156 valence electrons. The summed E-state index contributed by atoms with van der Waals surface area (Å²) in [5.74, 6) is -0.179. The number of sulfonamides is 1. The van der Waals surface area contributed by atoms with E-state index in [1.54, 1.807) is 0 Å². The standard InChI is InChI=1S/C17H13Cl2F3N2O4S/c1-9(25)24-4-5-28-15-8-16(12(19)7-14(15)24)29(26,27)23-13-6-10(17(20,21)22)2-3-11(13)18/h2-3,6-8,23H,4-5H2,1H3. The van der Waals surface area contributed by atoms with E-state index in [1.807, 2.05) is 4.72 Å². The molecule has 0 fully saturated rings. The lowest BCUT2D eigenvalue weighted by Gasteiger charge is -2.29. The number of ether oxygens (including phenoxy) is 1. The number of halogens is 5. The zero-order valence-corrected chi connectivity index (χ0v) is 17.0. The predicted molar refractivity (Wildman–Crippen MR) is 102 cm³/mol. The van der Waals surface area contributed by atoms with Crippen molar-refractivity contribution in [2.24, 2.45) is 0 Å². The number of hydrogen-bond acceptors (Lipinski definition) is 4. The first-order valence-corrected chi connectivity index (χ1v) is 10.3. The summed E-state index contributed by atoms with van der Waals surface area (Å²) in [6.45, 7) is 1.74. The molecule has 0 aliphatic carbocycles. The van der Waals surface area contributed by atoms with E-state index in [4.69, 9.17) is 27.9 Å². The maximum Gasteiger partial charge on any atom is 0.416 e. The molecule has 0 bridgehead atoms. The fourth-order valence-electron chi connectivity index (χ4n) is 2.73. The van der Waals surface area contributed by atoms with Gasteiger partial charge in [-0.1, -0.05) is 23.2 Å². The van der Waals surface area contributed by atoms with Gasteiger partial charge < -0.3 is 9.64 Å². The molecule has 0 saturated carbocycles. The van der Waals surface area contributed by atoms with Crippen molar-refractivity contribution >= 4 is 50.5 Å². The quantitative estimate of drug-likeness (QED) is 0.716. The lowest BCUT2D eigenvalue weighted by molar-refractivity contribution is -0.137. The topological polar surface area (TPSA) is 75.7 Å². The van der Waals surface area contributed by atoms with Crippen LogP contribution in [0.4, 0.5) is 24.5 Å². The number of alkyl halides is 3. The number of fused-ring (bicyclic) bond motifs is 1. The van der Waals surface area contributed by atoms with Crippen molar-refractivity contribution in [3.63, 3.8) is 0 Å². The second-order valence-corrected chi connectivity index (χ2v) is 8.53. The predicted octanol–water partition coefficient (Wildman–Crippen LogP) is 4.56. The maximum atomic E-state index is 12.9. The molecule has 29 heavy (non-hydrogen) atoms. The van der Waals surface area contributed by atoms with Crippen LogP contribution in [0.1, 0.15) is 12.5 Å². The third kappa shape index (κ3) is 4.39. The molecule has 1 amide bonds. The van der Waals surface area contributed by atoms with E-state index in [1.165, 1.54) is 17.9 Å². The van der Waals surface area contributed by atoms with E-state index in [0.29, 0.717) is 11.8 Å². The molecule has 1 heterocycles. The molecular weight excluding hydrogens is 456 g/mol. The van der Waals surface area contributed by atoms with Crippen LogP contribution < -0.4 is 14.4 Å². The van der Waals surface area contributed by atoms with Gasteiger partial charge in [-0.3, -0.25) is 9.52 Å². The summed E-state index contributed by atoms with van der Waals surface area (Å²) >= 11 is 12.0. The van der Waals surface area contributed by atoms with Crippen molar-refractivity contribution in [2.45, 2.75) is 18.0 Å². The number of carbonyl (C=O) groups is 1. The van der Waals surface area contributed by atoms with Gasteiger partial charge in [0, 0.05) is 13.0 Å². The van der Waals surface area contributed by atoms with Crippen molar-refractivity contribution in [1.29, 1.82) is 0 Å². The van der Waals surface area contributed by atoms with Crippen LogP contribution in [0, 0.1) is 0 Å². The van der Waals surface area contributed by atoms with E-state index in [2.05, 4.69) is 0 Å². The summed E-state index contributed by atoms with van der Waals surface area (Å²) < 4.78 is 71.7. The van der Waals surface area contributed by atoms with E-state index >= 15 is 0 Å². The van der Waals surface area contributed by atoms with Gasteiger partial charge in [-0.05, 0) is 24.3 Å². The summed E-state index contributed by atoms with van der Waals surface area (Å²) in [5, 5.41) is -0.467. The number of rotatable bonds is 3. The Labute approximate surface area is 174 Å². The molecule has 0 spiro atoms. The van der Waals surface area contributed by atoms with Gasteiger partial charge in [0.1, 0.15) is 17.3 Å². The minimum atomic E-state index is -4.68. The molecule has 0 atom stereocenters. The Balaban J connectivity index is 2.02. The average molecular weight is 469 g/mol. The van der Waals surface area contributed by atoms with Crippen molar-refractivity contribution in [1.82, 2.24) is 0 Å². The fraction of sp³-hybridized carbons (Fsp3) is 0.235. The molecule has 0 aromatic heterocycles. The van der Waals surface area contributed by atoms with Crippen LogP contribution in [0.3, 0.4) is 0 Å². The molecular formula is C17H13Cl2F3N2O4S. The van der Waals surface area contributed by atoms with Gasteiger partial charge in [0.2, 0.25) is 5.91 Å². The Morgan fingerprint density at radius 2 is 1.86 bits per heavy atom. The molecule has 1 N–H and O–H groups in total. The lowest BCUT2D eigenvalue weighted by Crippen LogP contribution is -2.36. The fourth-order valence-corrected chi connectivity index (χ4v) is 4.56. The summed E-state index contributed by atoms with van der Waals surface area (Å²) in [4.78, 5) is 12.7. The average Bonchev–Trinajstić information content (AvgIpc) is 2.61. The third-order valence-electron chi connectivity index (χ3n) is 4.08.